The van der Waals surface area contributed by atoms with Crippen molar-refractivity contribution >= 4 is 47.0 Å². The average molecular weight is 383 g/mol. The van der Waals surface area contributed by atoms with Crippen molar-refractivity contribution in [3.63, 3.8) is 0 Å². The molecule has 0 aliphatic carbocycles. The van der Waals surface area contributed by atoms with E-state index < -0.39 is 23.8 Å². The lowest BCUT2D eigenvalue weighted by Gasteiger charge is -2.12. The van der Waals surface area contributed by atoms with E-state index in [0.717, 1.165) is 6.08 Å². The van der Waals surface area contributed by atoms with E-state index in [9.17, 15) is 14.0 Å². The molecule has 1 unspecified atom stereocenters. The van der Waals surface area contributed by atoms with E-state index in [4.69, 9.17) is 27.9 Å². The maximum atomic E-state index is 13.4. The SMILES string of the molecule is CC(OC(=O)/C=C/c1ccccc1F)C(=O)Nc1ncc(Cl)cc1Cl. The molecule has 0 aliphatic heterocycles. The van der Waals surface area contributed by atoms with Crippen molar-refractivity contribution in [3.8, 4) is 0 Å². The van der Waals surface area contributed by atoms with Gasteiger partial charge in [-0.1, -0.05) is 41.4 Å². The number of carbonyl (C=O) groups excluding carboxylic acids is 2. The van der Waals surface area contributed by atoms with Crippen molar-refractivity contribution in [1.29, 1.82) is 0 Å². The summed E-state index contributed by atoms with van der Waals surface area (Å²) in [7, 11) is 0. The Morgan fingerprint density at radius 2 is 2.04 bits per heavy atom. The van der Waals surface area contributed by atoms with Gasteiger partial charge in [0.1, 0.15) is 5.82 Å². The third kappa shape index (κ3) is 5.55. The van der Waals surface area contributed by atoms with E-state index in [1.54, 1.807) is 6.07 Å². The second kappa shape index (κ2) is 8.60. The summed E-state index contributed by atoms with van der Waals surface area (Å²) in [4.78, 5) is 27.6. The predicted octanol–water partition coefficient (Wildman–Crippen LogP) is 4.11. The number of nitrogens with zero attached hydrogens (tertiary/aromatic N) is 1. The highest BCUT2D eigenvalue weighted by Crippen LogP contribution is 2.22. The molecule has 0 fully saturated rings. The van der Waals surface area contributed by atoms with Crippen LogP contribution < -0.4 is 5.32 Å². The third-order valence-corrected chi connectivity index (χ3v) is 3.51. The van der Waals surface area contributed by atoms with Gasteiger partial charge in [-0.2, -0.15) is 0 Å². The first-order valence-corrected chi connectivity index (χ1v) is 7.87. The van der Waals surface area contributed by atoms with Crippen LogP contribution in [0, 0.1) is 5.82 Å². The summed E-state index contributed by atoms with van der Waals surface area (Å²) in [5.74, 6) is -1.79. The number of hydrogen-bond donors (Lipinski definition) is 1. The summed E-state index contributed by atoms with van der Waals surface area (Å²) in [5.41, 5.74) is 0.230. The summed E-state index contributed by atoms with van der Waals surface area (Å²) in [6.45, 7) is 1.38. The van der Waals surface area contributed by atoms with Crippen molar-refractivity contribution in [2.45, 2.75) is 13.0 Å². The van der Waals surface area contributed by atoms with Crippen LogP contribution in [-0.4, -0.2) is 23.0 Å². The monoisotopic (exact) mass is 382 g/mol. The summed E-state index contributed by atoms with van der Waals surface area (Å²) in [6.07, 6.45) is 2.51. The van der Waals surface area contributed by atoms with Crippen molar-refractivity contribution in [2.75, 3.05) is 5.32 Å². The predicted molar refractivity (Wildman–Crippen MR) is 93.9 cm³/mol. The fourth-order valence-corrected chi connectivity index (χ4v) is 2.19. The van der Waals surface area contributed by atoms with Crippen molar-refractivity contribution in [1.82, 2.24) is 4.98 Å². The Kier molecular flexibility index (Phi) is 6.50. The second-order valence-electron chi connectivity index (χ2n) is 4.91. The van der Waals surface area contributed by atoms with Crippen LogP contribution in [0.25, 0.3) is 6.08 Å². The zero-order valence-electron chi connectivity index (χ0n) is 13.0. The number of halogens is 3. The maximum absolute atomic E-state index is 13.4. The molecule has 5 nitrogen and oxygen atoms in total. The van der Waals surface area contributed by atoms with E-state index in [0.29, 0.717) is 5.02 Å². The molecule has 1 aromatic carbocycles. The Bertz CT molecular complexity index is 827. The normalized spacial score (nSPS) is 12.0. The first kappa shape index (κ1) is 18.9. The molecule has 8 heteroatoms. The van der Waals surface area contributed by atoms with Gasteiger partial charge >= 0.3 is 5.97 Å². The Balaban J connectivity index is 1.94. The van der Waals surface area contributed by atoms with Crippen LogP contribution in [0.2, 0.25) is 10.0 Å². The third-order valence-electron chi connectivity index (χ3n) is 3.02. The lowest BCUT2D eigenvalue weighted by atomic mass is 10.2. The summed E-state index contributed by atoms with van der Waals surface area (Å²) in [6, 6.07) is 7.35. The molecule has 0 saturated carbocycles. The molecule has 0 radical (unpaired) electrons. The number of ether oxygens (including phenoxy) is 1. The highest BCUT2D eigenvalue weighted by atomic mass is 35.5. The molecular formula is C17H13Cl2FN2O3. The number of anilines is 1. The number of benzene rings is 1. The minimum atomic E-state index is -1.11. The Morgan fingerprint density at radius 3 is 2.72 bits per heavy atom. The fraction of sp³-hybridized carbons (Fsp3) is 0.118. The van der Waals surface area contributed by atoms with Gasteiger partial charge in [0.2, 0.25) is 0 Å². The van der Waals surface area contributed by atoms with Crippen molar-refractivity contribution in [2.24, 2.45) is 0 Å². The summed E-state index contributed by atoms with van der Waals surface area (Å²) < 4.78 is 18.4. The van der Waals surface area contributed by atoms with Gasteiger partial charge in [0.25, 0.3) is 5.91 Å². The van der Waals surface area contributed by atoms with E-state index in [1.165, 1.54) is 43.5 Å². The quantitative estimate of drug-likeness (QED) is 0.623. The topological polar surface area (TPSA) is 68.3 Å². The molecule has 1 amide bonds. The van der Waals surface area contributed by atoms with E-state index in [1.807, 2.05) is 0 Å². The fourth-order valence-electron chi connectivity index (χ4n) is 1.76. The number of pyridine rings is 1. The summed E-state index contributed by atoms with van der Waals surface area (Å²) >= 11 is 11.6. The molecule has 0 aliphatic rings. The number of amides is 1. The van der Waals surface area contributed by atoms with Crippen molar-refractivity contribution < 1.29 is 18.7 Å². The molecular weight excluding hydrogens is 370 g/mol. The first-order chi connectivity index (χ1) is 11.9. The number of carbonyl (C=O) groups is 2. The van der Waals surface area contributed by atoms with Crippen LogP contribution in [-0.2, 0) is 14.3 Å². The Hall–Kier alpha value is -2.44. The van der Waals surface area contributed by atoms with Crippen LogP contribution in [0.15, 0.2) is 42.6 Å². The van der Waals surface area contributed by atoms with E-state index >= 15 is 0 Å². The maximum Gasteiger partial charge on any atom is 0.331 e. The van der Waals surface area contributed by atoms with Gasteiger partial charge in [0.15, 0.2) is 11.9 Å². The molecule has 1 N–H and O–H groups in total. The van der Waals surface area contributed by atoms with Gasteiger partial charge in [-0.05, 0) is 25.1 Å². The molecule has 1 atom stereocenters. The largest absolute Gasteiger partial charge is 0.449 e. The minimum Gasteiger partial charge on any atom is -0.449 e. The zero-order valence-corrected chi connectivity index (χ0v) is 14.5. The molecule has 1 aromatic heterocycles. The number of esters is 1. The van der Waals surface area contributed by atoms with Gasteiger partial charge < -0.3 is 10.1 Å². The molecule has 0 bridgehead atoms. The number of aromatic nitrogens is 1. The van der Waals surface area contributed by atoms with E-state index in [-0.39, 0.29) is 16.4 Å². The smallest absolute Gasteiger partial charge is 0.331 e. The zero-order chi connectivity index (χ0) is 18.4. The Labute approximate surface area is 153 Å². The van der Waals surface area contributed by atoms with Crippen LogP contribution >= 0.6 is 23.2 Å². The standard InChI is InChI=1S/C17H13Cl2FN2O3/c1-10(17(24)22-16-13(19)8-12(18)9-21-16)25-15(23)7-6-11-4-2-3-5-14(11)20/h2-10H,1H3,(H,21,22,24)/b7-6+. The van der Waals surface area contributed by atoms with Gasteiger partial charge in [-0.3, -0.25) is 4.79 Å². The molecule has 0 saturated heterocycles. The van der Waals surface area contributed by atoms with Crippen LogP contribution in [0.1, 0.15) is 12.5 Å². The van der Waals surface area contributed by atoms with E-state index in [2.05, 4.69) is 10.3 Å². The molecule has 2 aromatic rings. The van der Waals surface area contributed by atoms with Crippen LogP contribution in [0.3, 0.4) is 0 Å². The number of rotatable bonds is 5. The Morgan fingerprint density at radius 1 is 1.32 bits per heavy atom. The molecule has 0 spiro atoms. The minimum absolute atomic E-state index is 0.0980. The van der Waals surface area contributed by atoms with Gasteiger partial charge in [-0.15, -0.1) is 0 Å². The summed E-state index contributed by atoms with van der Waals surface area (Å²) in [5, 5.41) is 2.90. The van der Waals surface area contributed by atoms with Gasteiger partial charge in [0, 0.05) is 17.8 Å². The van der Waals surface area contributed by atoms with Crippen LogP contribution in [0.4, 0.5) is 10.2 Å². The number of nitrogens with one attached hydrogen (secondary N) is 1. The molecule has 2 rings (SSSR count). The molecule has 130 valence electrons. The van der Waals surface area contributed by atoms with Gasteiger partial charge in [-0.25, -0.2) is 14.2 Å². The second-order valence-corrected chi connectivity index (χ2v) is 5.75. The van der Waals surface area contributed by atoms with Crippen LogP contribution in [0.5, 0.6) is 0 Å². The van der Waals surface area contributed by atoms with Gasteiger partial charge in [0.05, 0.1) is 10.0 Å². The lowest BCUT2D eigenvalue weighted by Crippen LogP contribution is -2.29. The van der Waals surface area contributed by atoms with Crippen molar-refractivity contribution in [3.05, 3.63) is 64.0 Å². The number of hydrogen-bond acceptors (Lipinski definition) is 4. The molecule has 25 heavy (non-hydrogen) atoms. The first-order valence-electron chi connectivity index (χ1n) is 7.12. The lowest BCUT2D eigenvalue weighted by molar-refractivity contribution is -0.148. The average Bonchev–Trinajstić information content (AvgIpc) is 2.56. The highest BCUT2D eigenvalue weighted by molar-refractivity contribution is 6.36. The molecule has 1 heterocycles. The highest BCUT2D eigenvalue weighted by Gasteiger charge is 2.18.